The van der Waals surface area contributed by atoms with Gasteiger partial charge in [0.15, 0.2) is 0 Å². The number of halogens is 1. The Morgan fingerprint density at radius 2 is 1.96 bits per heavy atom. The summed E-state index contributed by atoms with van der Waals surface area (Å²) < 4.78 is 10.7. The van der Waals surface area contributed by atoms with Crippen LogP contribution in [0.3, 0.4) is 0 Å². The van der Waals surface area contributed by atoms with Gasteiger partial charge in [0.1, 0.15) is 15.9 Å². The van der Waals surface area contributed by atoms with Gasteiger partial charge in [-0.1, -0.05) is 0 Å². The first kappa shape index (κ1) is 19.5. The molecule has 0 aromatic carbocycles. The molecule has 2 rings (SSSR count). The summed E-state index contributed by atoms with van der Waals surface area (Å²) in [5, 5.41) is 0. The summed E-state index contributed by atoms with van der Waals surface area (Å²) in [5.41, 5.74) is 0.621. The summed E-state index contributed by atoms with van der Waals surface area (Å²) in [4.78, 5) is 31.9. The molecule has 1 aliphatic rings. The number of ether oxygens (including phenoxy) is 2. The molecule has 1 amide bonds. The summed E-state index contributed by atoms with van der Waals surface area (Å²) in [7, 11) is 1.32. The van der Waals surface area contributed by atoms with E-state index >= 15 is 0 Å². The summed E-state index contributed by atoms with van der Waals surface area (Å²) in [6.07, 6.45) is -0.294. The third-order valence-electron chi connectivity index (χ3n) is 3.81. The first-order valence-electron chi connectivity index (χ1n) is 8.12. The highest BCUT2D eigenvalue weighted by Crippen LogP contribution is 2.28. The third-order valence-corrected chi connectivity index (χ3v) is 4.40. The lowest BCUT2D eigenvalue weighted by molar-refractivity contribution is 0.0218. The van der Waals surface area contributed by atoms with Gasteiger partial charge in [-0.3, -0.25) is 0 Å². The smallest absolute Gasteiger partial charge is 0.410 e. The zero-order valence-corrected chi connectivity index (χ0v) is 16.8. The number of rotatable bonds is 2. The topological polar surface area (TPSA) is 72.0 Å². The number of aromatic nitrogens is 1. The maximum Gasteiger partial charge on any atom is 0.410 e. The second-order valence-electron chi connectivity index (χ2n) is 6.97. The van der Waals surface area contributed by atoms with E-state index in [9.17, 15) is 9.59 Å². The fourth-order valence-corrected chi connectivity index (χ4v) is 3.22. The van der Waals surface area contributed by atoms with Gasteiger partial charge in [-0.2, -0.15) is 0 Å². The SMILES string of the molecule is COC(=O)c1ccc(N2CCN(C(=O)OC(C)(C)C)C[C@H]2C)c(Br)n1. The van der Waals surface area contributed by atoms with E-state index in [2.05, 4.69) is 30.6 Å². The van der Waals surface area contributed by atoms with Gasteiger partial charge in [-0.15, -0.1) is 0 Å². The minimum absolute atomic E-state index is 0.0864. The monoisotopic (exact) mass is 413 g/mol. The number of carbonyl (C=O) groups excluding carboxylic acids is 2. The van der Waals surface area contributed by atoms with Crippen molar-refractivity contribution in [1.82, 2.24) is 9.88 Å². The molecule has 1 aromatic heterocycles. The molecule has 8 heteroatoms. The lowest BCUT2D eigenvalue weighted by Crippen LogP contribution is -2.54. The number of pyridine rings is 1. The molecular weight excluding hydrogens is 390 g/mol. The zero-order valence-electron chi connectivity index (χ0n) is 15.2. The summed E-state index contributed by atoms with van der Waals surface area (Å²) in [6.45, 7) is 9.38. The van der Waals surface area contributed by atoms with Crippen LogP contribution < -0.4 is 4.90 Å². The molecule has 0 aliphatic carbocycles. The Morgan fingerprint density at radius 1 is 1.28 bits per heavy atom. The Kier molecular flexibility index (Phi) is 5.92. The van der Waals surface area contributed by atoms with Crippen molar-refractivity contribution in [1.29, 1.82) is 0 Å². The van der Waals surface area contributed by atoms with Crippen LogP contribution in [0, 0.1) is 0 Å². The van der Waals surface area contributed by atoms with E-state index in [1.807, 2.05) is 33.8 Å². The van der Waals surface area contributed by atoms with Crippen LogP contribution in [0.1, 0.15) is 38.2 Å². The highest BCUT2D eigenvalue weighted by molar-refractivity contribution is 9.10. The standard InChI is InChI=1S/C17H24BrN3O4/c1-11-10-20(16(23)25-17(2,3)4)8-9-21(11)13-7-6-12(15(22)24-5)19-14(13)18/h6-7,11H,8-10H2,1-5H3/t11-/m1/s1. The van der Waals surface area contributed by atoms with Gasteiger partial charge in [0.2, 0.25) is 0 Å². The van der Waals surface area contributed by atoms with Crippen molar-refractivity contribution in [2.45, 2.75) is 39.3 Å². The van der Waals surface area contributed by atoms with Crippen LogP contribution >= 0.6 is 15.9 Å². The fourth-order valence-electron chi connectivity index (χ4n) is 2.67. The maximum absolute atomic E-state index is 12.2. The number of nitrogens with zero attached hydrogens (tertiary/aromatic N) is 3. The molecule has 0 spiro atoms. The van der Waals surface area contributed by atoms with Crippen LogP contribution in [0.25, 0.3) is 0 Å². The molecule has 7 nitrogen and oxygen atoms in total. The maximum atomic E-state index is 12.2. The van der Waals surface area contributed by atoms with E-state index in [-0.39, 0.29) is 17.8 Å². The second kappa shape index (κ2) is 7.59. The minimum Gasteiger partial charge on any atom is -0.464 e. The van der Waals surface area contributed by atoms with Crippen molar-refractivity contribution < 1.29 is 19.1 Å². The molecule has 1 saturated heterocycles. The van der Waals surface area contributed by atoms with Crippen molar-refractivity contribution in [2.24, 2.45) is 0 Å². The quantitative estimate of drug-likeness (QED) is 0.547. The van der Waals surface area contributed by atoms with Crippen molar-refractivity contribution >= 4 is 33.7 Å². The van der Waals surface area contributed by atoms with Crippen LogP contribution in [-0.2, 0) is 9.47 Å². The van der Waals surface area contributed by atoms with Crippen LogP contribution in [-0.4, -0.2) is 60.3 Å². The lowest BCUT2D eigenvalue weighted by atomic mass is 10.1. The summed E-state index contributed by atoms with van der Waals surface area (Å²) >= 11 is 3.43. The highest BCUT2D eigenvalue weighted by Gasteiger charge is 2.31. The highest BCUT2D eigenvalue weighted by atomic mass is 79.9. The minimum atomic E-state index is -0.506. The van der Waals surface area contributed by atoms with Gasteiger partial charge >= 0.3 is 12.1 Å². The Bertz CT molecular complexity index is 660. The molecule has 25 heavy (non-hydrogen) atoms. The van der Waals surface area contributed by atoms with Crippen molar-refractivity contribution in [3.63, 3.8) is 0 Å². The van der Waals surface area contributed by atoms with Gasteiger partial charge in [-0.05, 0) is 55.8 Å². The average molecular weight is 414 g/mol. The average Bonchev–Trinajstić information content (AvgIpc) is 2.52. The van der Waals surface area contributed by atoms with Gasteiger partial charge in [0.05, 0.1) is 12.8 Å². The van der Waals surface area contributed by atoms with Gasteiger partial charge in [0, 0.05) is 25.7 Å². The van der Waals surface area contributed by atoms with E-state index in [0.717, 1.165) is 5.69 Å². The van der Waals surface area contributed by atoms with Crippen molar-refractivity contribution in [2.75, 3.05) is 31.6 Å². The zero-order chi connectivity index (χ0) is 18.8. The molecule has 138 valence electrons. The molecule has 1 fully saturated rings. The molecule has 2 heterocycles. The number of hydrogen-bond donors (Lipinski definition) is 0. The van der Waals surface area contributed by atoms with E-state index in [1.54, 1.807) is 11.0 Å². The predicted octanol–water partition coefficient (Wildman–Crippen LogP) is 3.08. The van der Waals surface area contributed by atoms with E-state index < -0.39 is 11.6 Å². The number of methoxy groups -OCH3 is 1. The van der Waals surface area contributed by atoms with Crippen LogP contribution in [0.2, 0.25) is 0 Å². The Labute approximate surface area is 156 Å². The van der Waals surface area contributed by atoms with Crippen molar-refractivity contribution in [3.8, 4) is 0 Å². The molecule has 0 N–H and O–H groups in total. The van der Waals surface area contributed by atoms with E-state index in [4.69, 9.17) is 4.74 Å². The normalized spacial score (nSPS) is 18.1. The molecule has 1 atom stereocenters. The first-order chi connectivity index (χ1) is 11.6. The molecule has 0 bridgehead atoms. The second-order valence-corrected chi connectivity index (χ2v) is 7.72. The molecule has 0 radical (unpaired) electrons. The largest absolute Gasteiger partial charge is 0.464 e. The number of piperazine rings is 1. The molecule has 1 aromatic rings. The van der Waals surface area contributed by atoms with Crippen LogP contribution in [0.5, 0.6) is 0 Å². The van der Waals surface area contributed by atoms with Crippen LogP contribution in [0.4, 0.5) is 10.5 Å². The van der Waals surface area contributed by atoms with Crippen molar-refractivity contribution in [3.05, 3.63) is 22.4 Å². The third kappa shape index (κ3) is 4.84. The van der Waals surface area contributed by atoms with E-state index in [1.165, 1.54) is 7.11 Å². The molecular formula is C17H24BrN3O4. The van der Waals surface area contributed by atoms with Gasteiger partial charge in [-0.25, -0.2) is 14.6 Å². The van der Waals surface area contributed by atoms with Crippen LogP contribution in [0.15, 0.2) is 16.7 Å². The Balaban J connectivity index is 2.09. The van der Waals surface area contributed by atoms with E-state index in [0.29, 0.717) is 24.2 Å². The van der Waals surface area contributed by atoms with Gasteiger partial charge < -0.3 is 19.3 Å². The number of anilines is 1. The molecule has 1 aliphatic heterocycles. The number of amides is 1. The molecule has 0 saturated carbocycles. The number of esters is 1. The lowest BCUT2D eigenvalue weighted by Gasteiger charge is -2.41. The number of carbonyl (C=O) groups is 2. The Hall–Kier alpha value is -1.83. The predicted molar refractivity (Wildman–Crippen MR) is 97.9 cm³/mol. The van der Waals surface area contributed by atoms with Gasteiger partial charge in [0.25, 0.3) is 0 Å². The summed E-state index contributed by atoms with van der Waals surface area (Å²) in [5.74, 6) is -0.477. The first-order valence-corrected chi connectivity index (χ1v) is 8.91. The fraction of sp³-hybridized carbons (Fsp3) is 0.588. The summed E-state index contributed by atoms with van der Waals surface area (Å²) in [6, 6.07) is 3.56. The number of hydrogen-bond acceptors (Lipinski definition) is 6. The Morgan fingerprint density at radius 3 is 2.48 bits per heavy atom. The molecule has 0 unspecified atom stereocenters.